The smallest absolute Gasteiger partial charge is 0.229 e. The van der Waals surface area contributed by atoms with Crippen LogP contribution in [0.25, 0.3) is 0 Å². The molecule has 0 spiro atoms. The number of nitrogens with zero attached hydrogens (tertiary/aromatic N) is 1. The first-order valence-corrected chi connectivity index (χ1v) is 5.99. The maximum atomic E-state index is 12.1. The molecule has 19 heavy (non-hydrogen) atoms. The van der Waals surface area contributed by atoms with E-state index in [-0.39, 0.29) is 40.5 Å². The van der Waals surface area contributed by atoms with E-state index in [0.717, 1.165) is 0 Å². The quantitative estimate of drug-likeness (QED) is 0.633. The minimum Gasteiger partial charge on any atom is -1.00 e. The molecule has 0 radical (unpaired) electrons. The predicted molar refractivity (Wildman–Crippen MR) is 69.1 cm³/mol. The van der Waals surface area contributed by atoms with Gasteiger partial charge in [-0.25, -0.2) is 0 Å². The second kappa shape index (κ2) is 6.75. The van der Waals surface area contributed by atoms with Crippen LogP contribution in [-0.2, 0) is 6.54 Å². The normalized spacial score (nSPS) is 9.79. The van der Waals surface area contributed by atoms with Crippen LogP contribution in [-0.4, -0.2) is 10.9 Å². The first-order valence-electron chi connectivity index (χ1n) is 5.24. The molecule has 1 N–H and O–H groups in total. The minimum absolute atomic E-state index is 0. The fourth-order valence-electron chi connectivity index (χ4n) is 1.55. The number of hydrogen-bond acceptors (Lipinski definition) is 2. The average molecular weight is 319 g/mol. The van der Waals surface area contributed by atoms with Crippen molar-refractivity contribution in [2.45, 2.75) is 6.54 Å². The van der Waals surface area contributed by atoms with E-state index in [1.54, 1.807) is 17.0 Å². The number of Topliss-reactive ketones (excluding diaryl/α,β-unsaturated/α-hetero) is 1. The first kappa shape index (κ1) is 15.8. The number of rotatable bonds is 3. The lowest BCUT2D eigenvalue weighted by molar-refractivity contribution is -0.683. The van der Waals surface area contributed by atoms with Gasteiger partial charge in [-0.3, -0.25) is 4.79 Å². The number of phenols is 1. The molecule has 0 aliphatic carbocycles. The summed E-state index contributed by atoms with van der Waals surface area (Å²) in [5.41, 5.74) is 0.302. The molecule has 3 nitrogen and oxygen atoms in total. The molecule has 2 aromatic rings. The maximum Gasteiger partial charge on any atom is 0.229 e. The highest BCUT2D eigenvalue weighted by Gasteiger charge is 2.18. The van der Waals surface area contributed by atoms with E-state index >= 15 is 0 Å². The highest BCUT2D eigenvalue weighted by Crippen LogP contribution is 2.33. The summed E-state index contributed by atoms with van der Waals surface area (Å²) in [6.07, 6.45) is 3.57. The van der Waals surface area contributed by atoms with Crippen molar-refractivity contribution in [3.05, 3.63) is 58.3 Å². The number of phenolic OH excluding ortho intramolecular Hbond substituents is 1. The number of aromatic nitrogens is 1. The highest BCUT2D eigenvalue weighted by atomic mass is 35.5. The van der Waals surface area contributed by atoms with Gasteiger partial charge in [-0.1, -0.05) is 29.3 Å². The van der Waals surface area contributed by atoms with Gasteiger partial charge in [0.25, 0.3) is 0 Å². The number of halogens is 3. The Kier molecular flexibility index (Phi) is 5.60. The molecular formula is C13H10Cl3NO2. The van der Waals surface area contributed by atoms with Crippen LogP contribution in [0.2, 0.25) is 10.0 Å². The van der Waals surface area contributed by atoms with Crippen molar-refractivity contribution in [3.63, 3.8) is 0 Å². The number of aromatic hydroxyl groups is 1. The molecule has 6 heteroatoms. The van der Waals surface area contributed by atoms with Crippen LogP contribution >= 0.6 is 23.2 Å². The van der Waals surface area contributed by atoms with Gasteiger partial charge in [0.15, 0.2) is 12.4 Å². The van der Waals surface area contributed by atoms with Crippen LogP contribution in [0, 0.1) is 0 Å². The molecular weight excluding hydrogens is 309 g/mol. The van der Waals surface area contributed by atoms with Gasteiger partial charge in [-0.05, 0) is 12.1 Å². The molecule has 0 unspecified atom stereocenters. The third-order valence-electron chi connectivity index (χ3n) is 2.47. The third-order valence-corrected chi connectivity index (χ3v) is 3.34. The SMILES string of the molecule is O=C(C[n+]1ccccc1)c1ccc(O)c(Cl)c1Cl.[Cl-]. The average Bonchev–Trinajstić information content (AvgIpc) is 2.37. The predicted octanol–water partition coefficient (Wildman–Crippen LogP) is -0.127. The summed E-state index contributed by atoms with van der Waals surface area (Å²) in [5.74, 6) is -0.302. The van der Waals surface area contributed by atoms with Gasteiger partial charge in [-0.15, -0.1) is 0 Å². The van der Waals surface area contributed by atoms with Crippen molar-refractivity contribution in [1.82, 2.24) is 0 Å². The van der Waals surface area contributed by atoms with Crippen LogP contribution in [0.15, 0.2) is 42.7 Å². The zero-order chi connectivity index (χ0) is 13.1. The molecule has 0 saturated carbocycles. The Morgan fingerprint density at radius 2 is 1.74 bits per heavy atom. The van der Waals surface area contributed by atoms with Crippen LogP contribution in [0.3, 0.4) is 0 Å². The van der Waals surface area contributed by atoms with Gasteiger partial charge in [0, 0.05) is 17.7 Å². The summed E-state index contributed by atoms with van der Waals surface area (Å²) in [5, 5.41) is 9.45. The summed E-state index contributed by atoms with van der Waals surface area (Å²) >= 11 is 11.7. The molecule has 1 heterocycles. The summed E-state index contributed by atoms with van der Waals surface area (Å²) in [6.45, 7) is 0.168. The van der Waals surface area contributed by atoms with Crippen LogP contribution < -0.4 is 17.0 Å². The van der Waals surface area contributed by atoms with Crippen molar-refractivity contribution in [2.75, 3.05) is 0 Å². The zero-order valence-corrected chi connectivity index (χ0v) is 12.0. The summed E-state index contributed by atoms with van der Waals surface area (Å²) < 4.78 is 1.74. The molecule has 1 aromatic heterocycles. The van der Waals surface area contributed by atoms with E-state index in [4.69, 9.17) is 23.2 Å². The second-order valence-electron chi connectivity index (χ2n) is 3.73. The van der Waals surface area contributed by atoms with Crippen molar-refractivity contribution in [3.8, 4) is 5.75 Å². The van der Waals surface area contributed by atoms with Gasteiger partial charge in [0.05, 0.1) is 5.02 Å². The first-order chi connectivity index (χ1) is 8.59. The third kappa shape index (κ3) is 3.60. The lowest BCUT2D eigenvalue weighted by Crippen LogP contribution is -3.00. The van der Waals surface area contributed by atoms with Gasteiger partial charge < -0.3 is 17.5 Å². The Morgan fingerprint density at radius 1 is 1.11 bits per heavy atom. The van der Waals surface area contributed by atoms with Crippen molar-refractivity contribution >= 4 is 29.0 Å². The Bertz CT molecular complexity index is 588. The van der Waals surface area contributed by atoms with Gasteiger partial charge in [0.2, 0.25) is 12.3 Å². The molecule has 0 fully saturated rings. The largest absolute Gasteiger partial charge is 1.00 e. The number of carbonyl (C=O) groups excluding carboxylic acids is 1. The second-order valence-corrected chi connectivity index (χ2v) is 4.49. The summed E-state index contributed by atoms with van der Waals surface area (Å²) in [4.78, 5) is 12.1. The monoisotopic (exact) mass is 317 g/mol. The molecule has 2 rings (SSSR count). The van der Waals surface area contributed by atoms with Crippen LogP contribution in [0.5, 0.6) is 5.75 Å². The van der Waals surface area contributed by atoms with Crippen LogP contribution in [0.4, 0.5) is 0 Å². The number of ketones is 1. The van der Waals surface area contributed by atoms with Crippen molar-refractivity contribution < 1.29 is 26.9 Å². The Balaban J connectivity index is 0.00000180. The minimum atomic E-state index is -0.168. The summed E-state index contributed by atoms with van der Waals surface area (Å²) in [6, 6.07) is 8.36. The fraction of sp³-hybridized carbons (Fsp3) is 0.0769. The molecule has 0 aliphatic rings. The van der Waals surface area contributed by atoms with E-state index in [2.05, 4.69) is 0 Å². The number of carbonyl (C=O) groups is 1. The van der Waals surface area contributed by atoms with Crippen LogP contribution in [0.1, 0.15) is 10.4 Å². The molecule has 0 saturated heterocycles. The lowest BCUT2D eigenvalue weighted by atomic mass is 10.1. The van der Waals surface area contributed by atoms with Crippen molar-refractivity contribution in [2.24, 2.45) is 0 Å². The zero-order valence-electron chi connectivity index (χ0n) is 9.69. The van der Waals surface area contributed by atoms with E-state index in [0.29, 0.717) is 5.56 Å². The van der Waals surface area contributed by atoms with Gasteiger partial charge in [-0.2, -0.15) is 4.57 Å². The molecule has 0 atom stereocenters. The number of benzene rings is 1. The topological polar surface area (TPSA) is 41.2 Å². The molecule has 0 bridgehead atoms. The molecule has 0 aliphatic heterocycles. The number of hydrogen-bond donors (Lipinski definition) is 1. The lowest BCUT2D eigenvalue weighted by Gasteiger charge is -2.04. The maximum absolute atomic E-state index is 12.1. The Labute approximate surface area is 126 Å². The fourth-order valence-corrected chi connectivity index (χ4v) is 1.98. The van der Waals surface area contributed by atoms with Gasteiger partial charge >= 0.3 is 0 Å². The summed E-state index contributed by atoms with van der Waals surface area (Å²) in [7, 11) is 0. The van der Waals surface area contributed by atoms with E-state index in [1.807, 2.05) is 18.2 Å². The standard InChI is InChI=1S/C13H9Cl2NO2.ClH/c14-12-9(4-5-10(17)13(12)15)11(18)8-16-6-2-1-3-7-16;/h1-7H,8H2;1H. The Hall–Kier alpha value is -1.29. The molecule has 1 aromatic carbocycles. The molecule has 0 amide bonds. The van der Waals surface area contributed by atoms with E-state index < -0.39 is 0 Å². The highest BCUT2D eigenvalue weighted by molar-refractivity contribution is 6.44. The van der Waals surface area contributed by atoms with E-state index in [1.165, 1.54) is 12.1 Å². The van der Waals surface area contributed by atoms with Crippen molar-refractivity contribution in [1.29, 1.82) is 0 Å². The Morgan fingerprint density at radius 3 is 2.37 bits per heavy atom. The number of pyridine rings is 1. The van der Waals surface area contributed by atoms with Gasteiger partial charge in [0.1, 0.15) is 10.8 Å². The molecule has 100 valence electrons. The van der Waals surface area contributed by atoms with E-state index in [9.17, 15) is 9.90 Å².